The molecule has 0 aromatic heterocycles. The van der Waals surface area contributed by atoms with E-state index in [2.05, 4.69) is 44.3 Å². The molecule has 0 spiro atoms. The van der Waals surface area contributed by atoms with E-state index in [4.69, 9.17) is 0 Å². The molecule has 1 unspecified atom stereocenters. The van der Waals surface area contributed by atoms with Crippen LogP contribution in [0.5, 0.6) is 0 Å². The average molecular weight is 245 g/mol. The smallest absolute Gasteiger partial charge is 0.0351 e. The van der Waals surface area contributed by atoms with Gasteiger partial charge in [-0.05, 0) is 55.8 Å². The van der Waals surface area contributed by atoms with E-state index in [1.807, 2.05) is 0 Å². The van der Waals surface area contributed by atoms with Crippen LogP contribution in [-0.4, -0.2) is 6.54 Å². The molecule has 1 nitrogen and oxygen atoms in total. The van der Waals surface area contributed by atoms with Crippen molar-refractivity contribution in [3.8, 4) is 0 Å². The molecule has 0 amide bonds. The zero-order valence-electron chi connectivity index (χ0n) is 12.1. The van der Waals surface area contributed by atoms with Gasteiger partial charge in [0.05, 0.1) is 0 Å². The molecule has 2 rings (SSSR count). The Morgan fingerprint density at radius 3 is 2.56 bits per heavy atom. The maximum absolute atomic E-state index is 3.74. The lowest BCUT2D eigenvalue weighted by Crippen LogP contribution is -2.30. The van der Waals surface area contributed by atoms with Gasteiger partial charge in [-0.2, -0.15) is 0 Å². The van der Waals surface area contributed by atoms with Gasteiger partial charge in [0, 0.05) is 6.04 Å². The second kappa shape index (κ2) is 6.38. The first kappa shape index (κ1) is 13.6. The third-order valence-corrected chi connectivity index (χ3v) is 4.53. The van der Waals surface area contributed by atoms with E-state index in [1.165, 1.54) is 48.8 Å². The Balaban J connectivity index is 2.25. The summed E-state index contributed by atoms with van der Waals surface area (Å²) < 4.78 is 0. The largest absolute Gasteiger partial charge is 0.310 e. The van der Waals surface area contributed by atoms with Crippen LogP contribution in [0.2, 0.25) is 0 Å². The maximum atomic E-state index is 3.74. The molecular formula is C17H27N. The molecule has 1 aliphatic rings. The first-order chi connectivity index (χ1) is 8.74. The highest BCUT2D eigenvalue weighted by Gasteiger charge is 2.25. The highest BCUT2D eigenvalue weighted by Crippen LogP contribution is 2.36. The molecule has 1 aromatic carbocycles. The molecule has 1 aromatic rings. The average Bonchev–Trinajstić information content (AvgIpc) is 2.41. The van der Waals surface area contributed by atoms with E-state index in [1.54, 1.807) is 0 Å². The number of rotatable bonds is 4. The third-order valence-electron chi connectivity index (χ3n) is 4.53. The van der Waals surface area contributed by atoms with E-state index < -0.39 is 0 Å². The predicted molar refractivity (Wildman–Crippen MR) is 78.9 cm³/mol. The Morgan fingerprint density at radius 1 is 1.17 bits per heavy atom. The van der Waals surface area contributed by atoms with Crippen molar-refractivity contribution in [2.24, 2.45) is 5.92 Å². The van der Waals surface area contributed by atoms with Crippen molar-refractivity contribution in [2.45, 2.75) is 58.9 Å². The van der Waals surface area contributed by atoms with Crippen LogP contribution in [-0.2, 0) is 0 Å². The molecule has 0 aliphatic heterocycles. The van der Waals surface area contributed by atoms with Gasteiger partial charge in [0.15, 0.2) is 0 Å². The normalized spacial score (nSPS) is 18.8. The van der Waals surface area contributed by atoms with Crippen LogP contribution >= 0.6 is 0 Å². The highest BCUT2D eigenvalue weighted by atomic mass is 14.9. The molecular weight excluding hydrogens is 218 g/mol. The van der Waals surface area contributed by atoms with Crippen LogP contribution in [0.4, 0.5) is 0 Å². The molecule has 1 aliphatic carbocycles. The van der Waals surface area contributed by atoms with Crippen LogP contribution in [0.1, 0.15) is 61.8 Å². The monoisotopic (exact) mass is 245 g/mol. The van der Waals surface area contributed by atoms with Crippen LogP contribution in [0, 0.1) is 19.8 Å². The standard InChI is InChI=1S/C17H27N/c1-4-18-17(15-10-6-5-7-11-15)16-12-8-9-13(2)14(16)3/h8-9,12,15,17-18H,4-7,10-11H2,1-3H3. The molecule has 0 heterocycles. The van der Waals surface area contributed by atoms with E-state index in [0.717, 1.165) is 12.5 Å². The minimum Gasteiger partial charge on any atom is -0.310 e. The summed E-state index contributed by atoms with van der Waals surface area (Å²) in [5.74, 6) is 0.833. The van der Waals surface area contributed by atoms with Crippen molar-refractivity contribution in [1.82, 2.24) is 5.32 Å². The Kier molecular flexibility index (Phi) is 4.82. The van der Waals surface area contributed by atoms with Crippen molar-refractivity contribution in [1.29, 1.82) is 0 Å². The summed E-state index contributed by atoms with van der Waals surface area (Å²) in [5, 5.41) is 3.74. The van der Waals surface area contributed by atoms with Gasteiger partial charge in [0.25, 0.3) is 0 Å². The van der Waals surface area contributed by atoms with Gasteiger partial charge >= 0.3 is 0 Å². The zero-order valence-corrected chi connectivity index (χ0v) is 12.1. The number of nitrogens with one attached hydrogen (secondary N) is 1. The first-order valence-corrected chi connectivity index (χ1v) is 7.53. The summed E-state index contributed by atoms with van der Waals surface area (Å²) in [5.41, 5.74) is 4.43. The summed E-state index contributed by atoms with van der Waals surface area (Å²) in [4.78, 5) is 0. The van der Waals surface area contributed by atoms with Gasteiger partial charge in [0.1, 0.15) is 0 Å². The van der Waals surface area contributed by atoms with Crippen LogP contribution in [0.25, 0.3) is 0 Å². The zero-order chi connectivity index (χ0) is 13.0. The Bertz CT molecular complexity index is 377. The summed E-state index contributed by atoms with van der Waals surface area (Å²) in [6.45, 7) is 7.79. The Morgan fingerprint density at radius 2 is 1.89 bits per heavy atom. The second-order valence-corrected chi connectivity index (χ2v) is 5.72. The molecule has 100 valence electrons. The number of hydrogen-bond acceptors (Lipinski definition) is 1. The van der Waals surface area contributed by atoms with Crippen LogP contribution in [0.15, 0.2) is 18.2 Å². The van der Waals surface area contributed by atoms with Gasteiger partial charge in [-0.25, -0.2) is 0 Å². The summed E-state index contributed by atoms with van der Waals surface area (Å²) in [7, 11) is 0. The SMILES string of the molecule is CCNC(c1cccc(C)c1C)C1CCCCC1. The molecule has 0 bridgehead atoms. The maximum Gasteiger partial charge on any atom is 0.0351 e. The lowest BCUT2D eigenvalue weighted by Gasteiger charge is -2.32. The first-order valence-electron chi connectivity index (χ1n) is 7.53. The van der Waals surface area contributed by atoms with Crippen molar-refractivity contribution < 1.29 is 0 Å². The third kappa shape index (κ3) is 2.95. The molecule has 18 heavy (non-hydrogen) atoms. The lowest BCUT2D eigenvalue weighted by molar-refractivity contribution is 0.274. The quantitative estimate of drug-likeness (QED) is 0.821. The second-order valence-electron chi connectivity index (χ2n) is 5.72. The number of hydrogen-bond donors (Lipinski definition) is 1. The Hall–Kier alpha value is -0.820. The van der Waals surface area contributed by atoms with Gasteiger partial charge in [-0.3, -0.25) is 0 Å². The predicted octanol–water partition coefficient (Wildman–Crippen LogP) is 4.53. The summed E-state index contributed by atoms with van der Waals surface area (Å²) in [6.07, 6.45) is 7.05. The van der Waals surface area contributed by atoms with E-state index in [9.17, 15) is 0 Å². The molecule has 0 radical (unpaired) electrons. The fraction of sp³-hybridized carbons (Fsp3) is 0.647. The van der Waals surface area contributed by atoms with Gasteiger partial charge < -0.3 is 5.32 Å². The van der Waals surface area contributed by atoms with Crippen LogP contribution < -0.4 is 5.32 Å². The fourth-order valence-corrected chi connectivity index (χ4v) is 3.33. The van der Waals surface area contributed by atoms with Gasteiger partial charge in [0.2, 0.25) is 0 Å². The lowest BCUT2D eigenvalue weighted by atomic mass is 9.79. The molecule has 1 heteroatoms. The van der Waals surface area contributed by atoms with Crippen molar-refractivity contribution >= 4 is 0 Å². The van der Waals surface area contributed by atoms with E-state index in [0.29, 0.717) is 6.04 Å². The molecule has 1 fully saturated rings. The minimum atomic E-state index is 0.565. The van der Waals surface area contributed by atoms with Crippen molar-refractivity contribution in [2.75, 3.05) is 6.54 Å². The summed E-state index contributed by atoms with van der Waals surface area (Å²) >= 11 is 0. The molecule has 0 saturated heterocycles. The highest BCUT2D eigenvalue weighted by molar-refractivity contribution is 5.35. The fourth-order valence-electron chi connectivity index (χ4n) is 3.33. The van der Waals surface area contributed by atoms with Crippen molar-refractivity contribution in [3.63, 3.8) is 0 Å². The summed E-state index contributed by atoms with van der Waals surface area (Å²) in [6, 6.07) is 7.33. The van der Waals surface area contributed by atoms with Crippen molar-refractivity contribution in [3.05, 3.63) is 34.9 Å². The number of aryl methyl sites for hydroxylation is 1. The minimum absolute atomic E-state index is 0.565. The van der Waals surface area contributed by atoms with Gasteiger partial charge in [-0.15, -0.1) is 0 Å². The van der Waals surface area contributed by atoms with Gasteiger partial charge in [-0.1, -0.05) is 44.4 Å². The molecule has 1 N–H and O–H groups in total. The molecule has 1 saturated carbocycles. The number of benzene rings is 1. The van der Waals surface area contributed by atoms with E-state index in [-0.39, 0.29) is 0 Å². The molecule has 1 atom stereocenters. The van der Waals surface area contributed by atoms with Crippen LogP contribution in [0.3, 0.4) is 0 Å². The Labute approximate surface area is 112 Å². The van der Waals surface area contributed by atoms with E-state index >= 15 is 0 Å². The topological polar surface area (TPSA) is 12.0 Å².